The smallest absolute Gasteiger partial charge is 0.214 e. The van der Waals surface area contributed by atoms with Crippen molar-refractivity contribution < 1.29 is 4.42 Å². The molecule has 1 fully saturated rings. The van der Waals surface area contributed by atoms with Crippen molar-refractivity contribution >= 4 is 21.9 Å². The third-order valence-corrected chi connectivity index (χ3v) is 5.84. The lowest BCUT2D eigenvalue weighted by molar-refractivity contribution is 0.429. The Kier molecular flexibility index (Phi) is 6.01. The molecule has 0 radical (unpaired) electrons. The van der Waals surface area contributed by atoms with Gasteiger partial charge < -0.3 is 15.1 Å². The van der Waals surface area contributed by atoms with Gasteiger partial charge in [0.25, 0.3) is 0 Å². The van der Waals surface area contributed by atoms with E-state index in [9.17, 15) is 0 Å². The minimum absolute atomic E-state index is 0.175. The Hall–Kier alpha value is -1.82. The molecule has 6 heteroatoms. The van der Waals surface area contributed by atoms with Crippen LogP contribution in [0.5, 0.6) is 0 Å². The highest BCUT2D eigenvalue weighted by atomic mass is 79.9. The number of hydrogen-bond donors (Lipinski definition) is 2. The Bertz CT molecular complexity index is 741. The van der Waals surface area contributed by atoms with E-state index in [0.29, 0.717) is 12.4 Å². The average Bonchev–Trinajstić information content (AvgIpc) is 3.23. The van der Waals surface area contributed by atoms with Crippen LogP contribution in [0.25, 0.3) is 0 Å². The van der Waals surface area contributed by atoms with Crippen molar-refractivity contribution in [2.24, 2.45) is 4.99 Å². The fourth-order valence-corrected chi connectivity index (χ4v) is 3.93. The van der Waals surface area contributed by atoms with Crippen molar-refractivity contribution in [3.63, 3.8) is 0 Å². The van der Waals surface area contributed by atoms with E-state index in [1.54, 1.807) is 7.05 Å². The molecule has 1 saturated carbocycles. The molecular weight excluding hydrogens is 392 g/mol. The summed E-state index contributed by atoms with van der Waals surface area (Å²) in [7, 11) is 1.79. The summed E-state index contributed by atoms with van der Waals surface area (Å²) in [5.41, 5.74) is 2.51. The maximum Gasteiger partial charge on any atom is 0.214 e. The number of benzene rings is 1. The van der Waals surface area contributed by atoms with Crippen LogP contribution in [0.1, 0.15) is 48.6 Å². The van der Waals surface area contributed by atoms with Gasteiger partial charge in [-0.2, -0.15) is 0 Å². The van der Waals surface area contributed by atoms with Crippen LogP contribution in [0.15, 0.2) is 38.1 Å². The maximum atomic E-state index is 5.63. The molecule has 0 atom stereocenters. The van der Waals surface area contributed by atoms with Gasteiger partial charge in [0.05, 0.1) is 12.2 Å². The Labute approximate surface area is 163 Å². The number of hydrogen-bond acceptors (Lipinski definition) is 3. The number of aromatic nitrogens is 1. The van der Waals surface area contributed by atoms with Crippen molar-refractivity contribution in [1.29, 1.82) is 0 Å². The van der Waals surface area contributed by atoms with Gasteiger partial charge in [0.15, 0.2) is 5.96 Å². The Morgan fingerprint density at radius 3 is 2.46 bits per heavy atom. The van der Waals surface area contributed by atoms with Crippen LogP contribution in [-0.4, -0.2) is 24.5 Å². The molecule has 3 rings (SSSR count). The van der Waals surface area contributed by atoms with E-state index < -0.39 is 0 Å². The zero-order valence-electron chi connectivity index (χ0n) is 15.7. The lowest BCUT2D eigenvalue weighted by atomic mass is 9.79. The summed E-state index contributed by atoms with van der Waals surface area (Å²) in [4.78, 5) is 8.76. The van der Waals surface area contributed by atoms with Gasteiger partial charge in [0.2, 0.25) is 5.89 Å². The minimum Gasteiger partial charge on any atom is -0.444 e. The molecule has 0 saturated heterocycles. The molecular formula is C20H27BrN4O. The Morgan fingerprint density at radius 2 is 1.88 bits per heavy atom. The van der Waals surface area contributed by atoms with Crippen molar-refractivity contribution in [2.75, 3.05) is 13.6 Å². The Balaban J connectivity index is 1.63. The molecule has 1 aliphatic carbocycles. The third kappa shape index (κ3) is 4.29. The van der Waals surface area contributed by atoms with Crippen LogP contribution in [-0.2, 0) is 12.0 Å². The molecule has 0 bridgehead atoms. The van der Waals surface area contributed by atoms with Crippen molar-refractivity contribution in [3.8, 4) is 0 Å². The monoisotopic (exact) mass is 418 g/mol. The van der Waals surface area contributed by atoms with E-state index in [4.69, 9.17) is 4.42 Å². The van der Waals surface area contributed by atoms with Crippen LogP contribution in [0.3, 0.4) is 0 Å². The second kappa shape index (κ2) is 8.25. The number of aliphatic imine (C=N–C) groups is 1. The van der Waals surface area contributed by atoms with Crippen LogP contribution in [0.4, 0.5) is 0 Å². The molecule has 5 nitrogen and oxygen atoms in total. The fraction of sp³-hybridized carbons (Fsp3) is 0.500. The first kappa shape index (κ1) is 19.0. The Morgan fingerprint density at radius 1 is 1.19 bits per heavy atom. The summed E-state index contributed by atoms with van der Waals surface area (Å²) < 4.78 is 6.75. The van der Waals surface area contributed by atoms with Crippen LogP contribution < -0.4 is 10.6 Å². The second-order valence-corrected chi connectivity index (χ2v) is 7.94. The molecule has 0 aliphatic heterocycles. The summed E-state index contributed by atoms with van der Waals surface area (Å²) in [5.74, 6) is 2.33. The van der Waals surface area contributed by atoms with E-state index in [1.165, 1.54) is 31.2 Å². The van der Waals surface area contributed by atoms with Crippen LogP contribution in [0, 0.1) is 13.8 Å². The molecule has 140 valence electrons. The molecule has 1 heterocycles. The number of nitrogens with one attached hydrogen (secondary N) is 2. The SMILES string of the molecule is CN=C(NCc1nc(C)c(C)o1)NCC1(c2ccc(Br)cc2)CCCC1. The predicted molar refractivity (Wildman–Crippen MR) is 108 cm³/mol. The molecule has 2 aromatic rings. The molecule has 2 N–H and O–H groups in total. The van der Waals surface area contributed by atoms with Gasteiger partial charge in [-0.1, -0.05) is 40.9 Å². The molecule has 1 aromatic carbocycles. The molecule has 0 spiro atoms. The summed E-state index contributed by atoms with van der Waals surface area (Å²) in [5, 5.41) is 6.82. The topological polar surface area (TPSA) is 62.5 Å². The van der Waals surface area contributed by atoms with E-state index in [2.05, 4.69) is 60.8 Å². The van der Waals surface area contributed by atoms with Gasteiger partial charge in [-0.25, -0.2) is 4.98 Å². The molecule has 0 unspecified atom stereocenters. The van der Waals surface area contributed by atoms with Crippen LogP contribution >= 0.6 is 15.9 Å². The molecule has 1 aromatic heterocycles. The van der Waals surface area contributed by atoms with Crippen molar-refractivity contribution in [3.05, 3.63) is 51.6 Å². The summed E-state index contributed by atoms with van der Waals surface area (Å²) in [6.45, 7) is 5.29. The van der Waals surface area contributed by atoms with Gasteiger partial charge in [-0.05, 0) is 44.4 Å². The van der Waals surface area contributed by atoms with E-state index in [0.717, 1.165) is 28.4 Å². The van der Waals surface area contributed by atoms with Gasteiger partial charge >= 0.3 is 0 Å². The number of halogens is 1. The summed E-state index contributed by atoms with van der Waals surface area (Å²) in [6, 6.07) is 8.75. The molecule has 1 aliphatic rings. The number of nitrogens with zero attached hydrogens (tertiary/aromatic N) is 2. The molecule has 0 amide bonds. The van der Waals surface area contributed by atoms with Gasteiger partial charge in [0, 0.05) is 23.5 Å². The summed E-state index contributed by atoms with van der Waals surface area (Å²) in [6.07, 6.45) is 4.96. The van der Waals surface area contributed by atoms with E-state index >= 15 is 0 Å². The lowest BCUT2D eigenvalue weighted by Gasteiger charge is -2.31. The standard InChI is InChI=1S/C20H27BrN4O/c1-14-15(2)26-18(25-14)12-23-19(22-3)24-13-20(10-4-5-11-20)16-6-8-17(21)9-7-16/h6-9H,4-5,10-13H2,1-3H3,(H2,22,23,24). The highest BCUT2D eigenvalue weighted by molar-refractivity contribution is 9.10. The van der Waals surface area contributed by atoms with E-state index in [-0.39, 0.29) is 5.41 Å². The first-order valence-corrected chi connectivity index (χ1v) is 9.95. The maximum absolute atomic E-state index is 5.63. The zero-order valence-corrected chi connectivity index (χ0v) is 17.3. The third-order valence-electron chi connectivity index (χ3n) is 5.31. The highest BCUT2D eigenvalue weighted by Crippen LogP contribution is 2.40. The zero-order chi connectivity index (χ0) is 18.6. The average molecular weight is 419 g/mol. The lowest BCUT2D eigenvalue weighted by Crippen LogP contribution is -2.44. The minimum atomic E-state index is 0.175. The first-order valence-electron chi connectivity index (χ1n) is 9.16. The van der Waals surface area contributed by atoms with Crippen molar-refractivity contribution in [2.45, 2.75) is 51.5 Å². The largest absolute Gasteiger partial charge is 0.444 e. The number of guanidine groups is 1. The number of rotatable bonds is 5. The number of aryl methyl sites for hydroxylation is 2. The van der Waals surface area contributed by atoms with Gasteiger partial charge in [-0.15, -0.1) is 0 Å². The molecule has 26 heavy (non-hydrogen) atoms. The van der Waals surface area contributed by atoms with Crippen LogP contribution in [0.2, 0.25) is 0 Å². The van der Waals surface area contributed by atoms with E-state index in [1.807, 2.05) is 13.8 Å². The second-order valence-electron chi connectivity index (χ2n) is 7.02. The fourth-order valence-electron chi connectivity index (χ4n) is 3.67. The first-order chi connectivity index (χ1) is 12.5. The summed E-state index contributed by atoms with van der Waals surface area (Å²) >= 11 is 3.53. The highest BCUT2D eigenvalue weighted by Gasteiger charge is 2.35. The van der Waals surface area contributed by atoms with Gasteiger partial charge in [0.1, 0.15) is 5.76 Å². The van der Waals surface area contributed by atoms with Gasteiger partial charge in [-0.3, -0.25) is 4.99 Å². The quantitative estimate of drug-likeness (QED) is 0.563. The normalized spacial score (nSPS) is 16.7. The number of oxazole rings is 1. The predicted octanol–water partition coefficient (Wildman–Crippen LogP) is 4.23. The van der Waals surface area contributed by atoms with Crippen molar-refractivity contribution in [1.82, 2.24) is 15.6 Å².